The number of nitrogens with zero attached hydrogens (tertiary/aromatic N) is 1. The Labute approximate surface area is 146 Å². The number of aryl methyl sites for hydroxylation is 1. The number of rotatable bonds is 7. The molecule has 2 aromatic carbocycles. The van der Waals surface area contributed by atoms with Crippen molar-refractivity contribution >= 4 is 28.7 Å². The van der Waals surface area contributed by atoms with E-state index in [1.807, 2.05) is 19.0 Å². The van der Waals surface area contributed by atoms with Gasteiger partial charge < -0.3 is 15.5 Å². The zero-order valence-electron chi connectivity index (χ0n) is 14.1. The van der Waals surface area contributed by atoms with Crippen LogP contribution in [0.1, 0.15) is 12.0 Å². The predicted octanol–water partition coefficient (Wildman–Crippen LogP) is 4.72. The van der Waals surface area contributed by atoms with Crippen LogP contribution >= 0.6 is 11.6 Å². The van der Waals surface area contributed by atoms with Gasteiger partial charge in [0.05, 0.1) is 22.1 Å². The Morgan fingerprint density at radius 2 is 1.88 bits per heavy atom. The minimum Gasteiger partial charge on any atom is -0.373 e. The molecule has 0 aromatic heterocycles. The van der Waals surface area contributed by atoms with E-state index >= 15 is 0 Å². The highest BCUT2D eigenvalue weighted by Crippen LogP contribution is 2.33. The molecular weight excluding hydrogens is 332 g/mol. The number of hydrogen-bond donors (Lipinski definition) is 2. The maximum atomic E-state index is 13.8. The maximum absolute atomic E-state index is 13.8. The number of hydrogen-bond acceptors (Lipinski definition) is 3. The van der Waals surface area contributed by atoms with Gasteiger partial charge in [-0.15, -0.1) is 0 Å². The van der Waals surface area contributed by atoms with Gasteiger partial charge in [0.25, 0.3) is 0 Å². The smallest absolute Gasteiger partial charge is 0.128 e. The Morgan fingerprint density at radius 3 is 2.58 bits per heavy atom. The Bertz CT molecular complexity index is 707. The van der Waals surface area contributed by atoms with E-state index in [9.17, 15) is 8.78 Å². The fourth-order valence-electron chi connectivity index (χ4n) is 2.43. The van der Waals surface area contributed by atoms with Gasteiger partial charge in [0.15, 0.2) is 0 Å². The van der Waals surface area contributed by atoms with Gasteiger partial charge in [-0.3, -0.25) is 0 Å². The summed E-state index contributed by atoms with van der Waals surface area (Å²) in [6.07, 6.45) is 0.920. The molecule has 24 heavy (non-hydrogen) atoms. The molecule has 2 rings (SSSR count). The summed E-state index contributed by atoms with van der Waals surface area (Å²) in [5, 5.41) is 6.61. The zero-order chi connectivity index (χ0) is 17.7. The number of anilines is 3. The fourth-order valence-corrected chi connectivity index (χ4v) is 2.69. The molecule has 0 unspecified atom stereocenters. The molecule has 2 aromatic rings. The van der Waals surface area contributed by atoms with Crippen LogP contribution in [-0.2, 0) is 0 Å². The summed E-state index contributed by atoms with van der Waals surface area (Å²) >= 11 is 6.19. The molecular formula is C18H22ClF2N3. The van der Waals surface area contributed by atoms with Crippen LogP contribution in [0.15, 0.2) is 30.3 Å². The van der Waals surface area contributed by atoms with Crippen molar-refractivity contribution in [1.82, 2.24) is 5.32 Å². The minimum atomic E-state index is -0.340. The van der Waals surface area contributed by atoms with Crippen LogP contribution in [0.4, 0.5) is 25.8 Å². The van der Waals surface area contributed by atoms with Gasteiger partial charge >= 0.3 is 0 Å². The lowest BCUT2D eigenvalue weighted by atomic mass is 10.2. The molecule has 0 saturated carbocycles. The highest BCUT2D eigenvalue weighted by atomic mass is 35.5. The molecule has 0 radical (unpaired) electrons. The van der Waals surface area contributed by atoms with Crippen molar-refractivity contribution < 1.29 is 8.78 Å². The third-order valence-electron chi connectivity index (χ3n) is 3.81. The Kier molecular flexibility index (Phi) is 6.40. The second kappa shape index (κ2) is 8.31. The van der Waals surface area contributed by atoms with E-state index < -0.39 is 0 Å². The molecule has 0 bridgehead atoms. The average Bonchev–Trinajstić information content (AvgIpc) is 2.54. The predicted molar refractivity (Wildman–Crippen MR) is 97.6 cm³/mol. The number of halogens is 3. The van der Waals surface area contributed by atoms with Crippen LogP contribution in [0.2, 0.25) is 5.02 Å². The Morgan fingerprint density at radius 1 is 1.12 bits per heavy atom. The van der Waals surface area contributed by atoms with Gasteiger partial charge in [-0.2, -0.15) is 0 Å². The lowest BCUT2D eigenvalue weighted by Gasteiger charge is -2.23. The van der Waals surface area contributed by atoms with Crippen LogP contribution in [0.5, 0.6) is 0 Å². The minimum absolute atomic E-state index is 0.322. The van der Waals surface area contributed by atoms with Gasteiger partial charge in [-0.25, -0.2) is 8.78 Å². The van der Waals surface area contributed by atoms with E-state index in [1.54, 1.807) is 19.1 Å². The largest absolute Gasteiger partial charge is 0.373 e. The van der Waals surface area contributed by atoms with Crippen LogP contribution in [0.3, 0.4) is 0 Å². The van der Waals surface area contributed by atoms with Crippen molar-refractivity contribution in [3.8, 4) is 0 Å². The molecule has 0 atom stereocenters. The lowest BCUT2D eigenvalue weighted by Crippen LogP contribution is -2.23. The first-order chi connectivity index (χ1) is 11.4. The molecule has 0 aliphatic carbocycles. The number of benzene rings is 2. The van der Waals surface area contributed by atoms with Crippen molar-refractivity contribution in [2.24, 2.45) is 0 Å². The van der Waals surface area contributed by atoms with Crippen molar-refractivity contribution in [2.75, 3.05) is 37.4 Å². The van der Waals surface area contributed by atoms with Gasteiger partial charge in [-0.1, -0.05) is 11.6 Å². The van der Waals surface area contributed by atoms with Gasteiger partial charge in [0, 0.05) is 13.6 Å². The summed E-state index contributed by atoms with van der Waals surface area (Å²) in [7, 11) is 3.79. The third-order valence-corrected chi connectivity index (χ3v) is 4.12. The zero-order valence-corrected chi connectivity index (χ0v) is 14.8. The molecule has 0 amide bonds. The molecule has 3 nitrogen and oxygen atoms in total. The van der Waals surface area contributed by atoms with Crippen LogP contribution in [0.25, 0.3) is 0 Å². The molecule has 0 aliphatic rings. The first-order valence-corrected chi connectivity index (χ1v) is 8.18. The van der Waals surface area contributed by atoms with Crippen molar-refractivity contribution in [3.63, 3.8) is 0 Å². The fraction of sp³-hybridized carbons (Fsp3) is 0.333. The normalized spacial score (nSPS) is 10.8. The van der Waals surface area contributed by atoms with Crippen LogP contribution in [-0.4, -0.2) is 27.2 Å². The highest BCUT2D eigenvalue weighted by Gasteiger charge is 2.12. The molecule has 2 N–H and O–H groups in total. The van der Waals surface area contributed by atoms with E-state index in [-0.39, 0.29) is 11.6 Å². The second-order valence-corrected chi connectivity index (χ2v) is 6.15. The summed E-state index contributed by atoms with van der Waals surface area (Å²) in [6.45, 7) is 3.29. The van der Waals surface area contributed by atoms with Gasteiger partial charge in [0.1, 0.15) is 11.6 Å². The topological polar surface area (TPSA) is 27.3 Å². The van der Waals surface area contributed by atoms with E-state index in [0.29, 0.717) is 27.6 Å². The van der Waals surface area contributed by atoms with Crippen molar-refractivity contribution in [2.45, 2.75) is 13.3 Å². The summed E-state index contributed by atoms with van der Waals surface area (Å²) in [4.78, 5) is 1.96. The van der Waals surface area contributed by atoms with Crippen molar-refractivity contribution in [3.05, 3.63) is 52.6 Å². The summed E-state index contributed by atoms with van der Waals surface area (Å²) in [6, 6.07) is 7.38. The lowest BCUT2D eigenvalue weighted by molar-refractivity contribution is 0.619. The molecule has 130 valence electrons. The van der Waals surface area contributed by atoms with Crippen molar-refractivity contribution in [1.29, 1.82) is 0 Å². The molecule has 0 fully saturated rings. The maximum Gasteiger partial charge on any atom is 0.128 e. The standard InChI is InChI=1S/C18H22ClF2N3/c1-12-9-14(19)17(11-15(12)21)23-16-6-5-13(20)10-18(16)24(3)8-4-7-22-2/h5-6,9-11,22-23H,4,7-8H2,1-3H3. The number of nitrogens with one attached hydrogen (secondary N) is 2. The first kappa shape index (κ1) is 18.5. The SMILES string of the molecule is CNCCCN(C)c1cc(F)ccc1Nc1cc(F)c(C)cc1Cl. The van der Waals surface area contributed by atoms with E-state index in [2.05, 4.69) is 10.6 Å². The molecule has 0 heterocycles. The first-order valence-electron chi connectivity index (χ1n) is 7.80. The molecule has 6 heteroatoms. The van der Waals surface area contributed by atoms with E-state index in [4.69, 9.17) is 11.6 Å². The summed E-state index contributed by atoms with van der Waals surface area (Å²) in [5.74, 6) is -0.662. The van der Waals surface area contributed by atoms with Crippen LogP contribution < -0.4 is 15.5 Å². The monoisotopic (exact) mass is 353 g/mol. The summed E-state index contributed by atoms with van der Waals surface area (Å²) in [5.41, 5.74) is 2.31. The second-order valence-electron chi connectivity index (χ2n) is 5.75. The molecule has 0 aliphatic heterocycles. The molecule has 0 spiro atoms. The van der Waals surface area contributed by atoms with E-state index in [0.717, 1.165) is 19.5 Å². The van der Waals surface area contributed by atoms with Crippen LogP contribution in [0, 0.1) is 18.6 Å². The quantitative estimate of drug-likeness (QED) is 0.705. The van der Waals surface area contributed by atoms with E-state index in [1.165, 1.54) is 18.2 Å². The van der Waals surface area contributed by atoms with Gasteiger partial charge in [-0.05, 0) is 62.8 Å². The Hall–Kier alpha value is -1.85. The Balaban J connectivity index is 2.28. The summed E-state index contributed by atoms with van der Waals surface area (Å²) < 4.78 is 27.5. The third kappa shape index (κ3) is 4.58. The molecule has 0 saturated heterocycles. The average molecular weight is 354 g/mol. The van der Waals surface area contributed by atoms with Gasteiger partial charge in [0.2, 0.25) is 0 Å². The highest BCUT2D eigenvalue weighted by molar-refractivity contribution is 6.33.